The van der Waals surface area contributed by atoms with Crippen molar-refractivity contribution < 1.29 is 14.3 Å². The van der Waals surface area contributed by atoms with E-state index in [2.05, 4.69) is 40.1 Å². The van der Waals surface area contributed by atoms with Gasteiger partial charge in [-0.3, -0.25) is 0 Å². The molecule has 0 fully saturated rings. The van der Waals surface area contributed by atoms with Crippen LogP contribution < -0.4 is 4.74 Å². The molecule has 4 rings (SSSR count). The molecular weight excluding hydrogens is 304 g/mol. The average Bonchev–Trinajstić information content (AvgIpc) is 3.04. The zero-order chi connectivity index (χ0) is 16.5. The maximum absolute atomic E-state index is 11.2. The van der Waals surface area contributed by atoms with E-state index in [0.29, 0.717) is 5.75 Å². The van der Waals surface area contributed by atoms with E-state index in [1.807, 2.05) is 22.7 Å². The summed E-state index contributed by atoms with van der Waals surface area (Å²) in [5, 5.41) is 2.36. The molecule has 0 bridgehead atoms. The van der Waals surface area contributed by atoms with Gasteiger partial charge in [-0.25, -0.2) is 9.78 Å². The normalized spacial score (nSPS) is 10.9. The lowest BCUT2D eigenvalue weighted by Crippen LogP contribution is -2.07. The van der Waals surface area contributed by atoms with Gasteiger partial charge < -0.3 is 13.9 Å². The van der Waals surface area contributed by atoms with Crippen molar-refractivity contribution in [1.29, 1.82) is 0 Å². The Morgan fingerprint density at radius 2 is 1.83 bits per heavy atom. The summed E-state index contributed by atoms with van der Waals surface area (Å²) >= 11 is 0. The summed E-state index contributed by atoms with van der Waals surface area (Å²) in [4.78, 5) is 15.8. The Hall–Kier alpha value is -3.34. The van der Waals surface area contributed by atoms with E-state index in [4.69, 9.17) is 4.74 Å². The first kappa shape index (κ1) is 14.3. The lowest BCUT2D eigenvalue weighted by Gasteiger charge is -2.02. The van der Waals surface area contributed by atoms with Crippen molar-refractivity contribution in [3.05, 3.63) is 67.0 Å². The van der Waals surface area contributed by atoms with Crippen molar-refractivity contribution in [2.24, 2.45) is 0 Å². The Morgan fingerprint density at radius 1 is 1.00 bits per heavy atom. The smallest absolute Gasteiger partial charge is 0.437 e. The van der Waals surface area contributed by atoms with Gasteiger partial charge in [-0.2, -0.15) is 0 Å². The van der Waals surface area contributed by atoms with Gasteiger partial charge in [0.05, 0.1) is 19.0 Å². The maximum Gasteiger partial charge on any atom is 0.513 e. The van der Waals surface area contributed by atoms with Gasteiger partial charge in [0.2, 0.25) is 0 Å². The van der Waals surface area contributed by atoms with Gasteiger partial charge in [0.1, 0.15) is 5.65 Å². The third-order valence-corrected chi connectivity index (χ3v) is 3.84. The van der Waals surface area contributed by atoms with Crippen molar-refractivity contribution >= 4 is 22.6 Å². The number of imidazole rings is 1. The summed E-state index contributed by atoms with van der Waals surface area (Å²) in [6, 6.07) is 17.9. The van der Waals surface area contributed by atoms with Crippen LogP contribution in [0.15, 0.2) is 67.0 Å². The van der Waals surface area contributed by atoms with Gasteiger partial charge in [-0.15, -0.1) is 0 Å². The molecule has 24 heavy (non-hydrogen) atoms. The van der Waals surface area contributed by atoms with Crippen LogP contribution in [-0.2, 0) is 4.74 Å². The Bertz CT molecular complexity index is 1050. The fourth-order valence-corrected chi connectivity index (χ4v) is 2.66. The van der Waals surface area contributed by atoms with E-state index in [0.717, 1.165) is 16.9 Å². The first-order valence-electron chi connectivity index (χ1n) is 7.47. The van der Waals surface area contributed by atoms with E-state index in [1.165, 1.54) is 17.9 Å². The monoisotopic (exact) mass is 318 g/mol. The van der Waals surface area contributed by atoms with Gasteiger partial charge in [0, 0.05) is 11.8 Å². The molecule has 0 radical (unpaired) electrons. The van der Waals surface area contributed by atoms with Crippen LogP contribution in [0.25, 0.3) is 27.7 Å². The number of hydrogen-bond acceptors (Lipinski definition) is 4. The van der Waals surface area contributed by atoms with Crippen LogP contribution in [0.4, 0.5) is 4.79 Å². The van der Waals surface area contributed by atoms with Crippen molar-refractivity contribution in [3.8, 4) is 17.0 Å². The van der Waals surface area contributed by atoms with Crippen LogP contribution in [0.1, 0.15) is 0 Å². The molecule has 0 unspecified atom stereocenters. The Kier molecular flexibility index (Phi) is 3.39. The number of carbonyl (C=O) groups excluding carboxylic acids is 1. The summed E-state index contributed by atoms with van der Waals surface area (Å²) in [5.41, 5.74) is 2.67. The minimum absolute atomic E-state index is 0.400. The second-order valence-electron chi connectivity index (χ2n) is 5.37. The highest BCUT2D eigenvalue weighted by atomic mass is 16.7. The Morgan fingerprint density at radius 3 is 2.67 bits per heavy atom. The molecule has 4 aromatic rings. The molecule has 2 heterocycles. The van der Waals surface area contributed by atoms with Crippen molar-refractivity contribution in [2.75, 3.05) is 7.11 Å². The van der Waals surface area contributed by atoms with E-state index in [-0.39, 0.29) is 0 Å². The maximum atomic E-state index is 11.2. The lowest BCUT2D eigenvalue weighted by molar-refractivity contribution is 0.121. The molecule has 2 aromatic carbocycles. The summed E-state index contributed by atoms with van der Waals surface area (Å²) in [6.07, 6.45) is 2.86. The molecule has 0 amide bonds. The molecule has 0 N–H and O–H groups in total. The molecular formula is C19H14N2O3. The van der Waals surface area contributed by atoms with Crippen molar-refractivity contribution in [3.63, 3.8) is 0 Å². The third-order valence-electron chi connectivity index (χ3n) is 3.84. The number of ether oxygens (including phenoxy) is 2. The predicted octanol–water partition coefficient (Wildman–Crippen LogP) is 4.30. The third kappa shape index (κ3) is 2.56. The molecule has 0 aliphatic heterocycles. The molecule has 5 nitrogen and oxygen atoms in total. The fourth-order valence-electron chi connectivity index (χ4n) is 2.66. The quantitative estimate of drug-likeness (QED) is 0.517. The molecule has 0 spiro atoms. The zero-order valence-corrected chi connectivity index (χ0v) is 13.0. The summed E-state index contributed by atoms with van der Waals surface area (Å²) in [7, 11) is 1.27. The Labute approximate surface area is 138 Å². The van der Waals surface area contributed by atoms with Gasteiger partial charge >= 0.3 is 6.16 Å². The van der Waals surface area contributed by atoms with Crippen LogP contribution in [0.5, 0.6) is 5.75 Å². The van der Waals surface area contributed by atoms with Crippen LogP contribution in [-0.4, -0.2) is 22.6 Å². The first-order valence-corrected chi connectivity index (χ1v) is 7.47. The number of nitrogens with zero attached hydrogens (tertiary/aromatic N) is 2. The number of methoxy groups -OCH3 is 1. The van der Waals surface area contributed by atoms with Crippen LogP contribution in [0.2, 0.25) is 0 Å². The number of aromatic nitrogens is 2. The SMILES string of the molecule is COC(=O)Oc1ccc2nc(-c3ccc4ccccc4c3)cn2c1. The summed E-state index contributed by atoms with van der Waals surface area (Å²) in [6.45, 7) is 0. The average molecular weight is 318 g/mol. The number of hydrogen-bond donors (Lipinski definition) is 0. The first-order chi connectivity index (χ1) is 11.7. The molecule has 0 atom stereocenters. The second-order valence-corrected chi connectivity index (χ2v) is 5.37. The minimum Gasteiger partial charge on any atom is -0.437 e. The van der Waals surface area contributed by atoms with Gasteiger partial charge in [0.25, 0.3) is 0 Å². The van der Waals surface area contributed by atoms with Gasteiger partial charge in [0.15, 0.2) is 5.75 Å². The van der Waals surface area contributed by atoms with Crippen LogP contribution in [0.3, 0.4) is 0 Å². The second kappa shape index (κ2) is 5.70. The van der Waals surface area contributed by atoms with Crippen LogP contribution >= 0.6 is 0 Å². The molecule has 0 saturated heterocycles. The van der Waals surface area contributed by atoms with E-state index in [9.17, 15) is 4.79 Å². The molecule has 5 heteroatoms. The Balaban J connectivity index is 1.74. The molecule has 118 valence electrons. The van der Waals surface area contributed by atoms with Gasteiger partial charge in [-0.1, -0.05) is 36.4 Å². The van der Waals surface area contributed by atoms with E-state index < -0.39 is 6.16 Å². The molecule has 0 aliphatic rings. The molecule has 0 saturated carbocycles. The number of pyridine rings is 1. The summed E-state index contributed by atoms with van der Waals surface area (Å²) < 4.78 is 11.4. The van der Waals surface area contributed by atoms with E-state index >= 15 is 0 Å². The van der Waals surface area contributed by atoms with Crippen molar-refractivity contribution in [2.45, 2.75) is 0 Å². The fraction of sp³-hybridized carbons (Fsp3) is 0.0526. The zero-order valence-electron chi connectivity index (χ0n) is 13.0. The standard InChI is InChI=1S/C19H14N2O3/c1-23-19(22)24-16-8-9-18-20-17(12-21(18)11-16)15-7-6-13-4-2-3-5-14(13)10-15/h2-12H,1H3. The topological polar surface area (TPSA) is 52.8 Å². The lowest BCUT2D eigenvalue weighted by atomic mass is 10.1. The largest absolute Gasteiger partial charge is 0.513 e. The van der Waals surface area contributed by atoms with Crippen molar-refractivity contribution in [1.82, 2.24) is 9.38 Å². The number of rotatable bonds is 2. The number of carbonyl (C=O) groups is 1. The summed E-state index contributed by atoms with van der Waals surface area (Å²) in [5.74, 6) is 0.400. The highest BCUT2D eigenvalue weighted by molar-refractivity contribution is 5.86. The van der Waals surface area contributed by atoms with Gasteiger partial charge in [-0.05, 0) is 29.0 Å². The molecule has 2 aromatic heterocycles. The highest BCUT2D eigenvalue weighted by Crippen LogP contribution is 2.25. The predicted molar refractivity (Wildman–Crippen MR) is 91.2 cm³/mol. The molecule has 0 aliphatic carbocycles. The van der Waals surface area contributed by atoms with Crippen LogP contribution in [0, 0.1) is 0 Å². The highest BCUT2D eigenvalue weighted by Gasteiger charge is 2.08. The van der Waals surface area contributed by atoms with E-state index in [1.54, 1.807) is 18.3 Å². The number of benzene rings is 2. The number of fused-ring (bicyclic) bond motifs is 2. The minimum atomic E-state index is -0.746.